The Morgan fingerprint density at radius 3 is 2.62 bits per heavy atom. The highest BCUT2D eigenvalue weighted by molar-refractivity contribution is 5.76. The number of carboxylic acids is 1. The molecule has 2 rings (SSSR count). The van der Waals surface area contributed by atoms with Gasteiger partial charge >= 0.3 is 12.0 Å². The van der Waals surface area contributed by atoms with Crippen LogP contribution in [-0.4, -0.2) is 78.8 Å². The number of nitrogens with zero attached hydrogens (tertiary/aromatic N) is 2. The van der Waals surface area contributed by atoms with Crippen LogP contribution in [0.1, 0.15) is 25.7 Å². The zero-order valence-corrected chi connectivity index (χ0v) is 12.5. The third-order valence-corrected chi connectivity index (χ3v) is 3.95. The number of rotatable bonds is 8. The number of urea groups is 1. The van der Waals surface area contributed by atoms with Gasteiger partial charge in [0.25, 0.3) is 0 Å². The van der Waals surface area contributed by atoms with Crippen LogP contribution in [0.4, 0.5) is 4.79 Å². The van der Waals surface area contributed by atoms with Gasteiger partial charge in [0.2, 0.25) is 0 Å². The molecule has 0 bridgehead atoms. The van der Waals surface area contributed by atoms with Gasteiger partial charge in [-0.2, -0.15) is 0 Å². The number of hydrogen-bond acceptors (Lipinski definition) is 4. The summed E-state index contributed by atoms with van der Waals surface area (Å²) in [6.45, 7) is 6.18. The van der Waals surface area contributed by atoms with Gasteiger partial charge < -0.3 is 25.5 Å². The lowest BCUT2D eigenvalue weighted by atomic mass is 10.3. The van der Waals surface area contributed by atoms with Gasteiger partial charge in [-0.05, 0) is 25.8 Å². The van der Waals surface area contributed by atoms with Crippen LogP contribution in [0.3, 0.4) is 0 Å². The number of nitrogens with one attached hydrogen (secondary N) is 2. The molecule has 0 aromatic carbocycles. The summed E-state index contributed by atoms with van der Waals surface area (Å²) in [4.78, 5) is 26.8. The second-order valence-electron chi connectivity index (χ2n) is 5.75. The van der Waals surface area contributed by atoms with E-state index in [0.29, 0.717) is 13.1 Å². The van der Waals surface area contributed by atoms with Crippen molar-refractivity contribution in [2.24, 2.45) is 0 Å². The topological polar surface area (TPSA) is 84.9 Å². The number of carboxylic acid groups (broad SMARTS) is 1. The van der Waals surface area contributed by atoms with Gasteiger partial charge in [-0.15, -0.1) is 0 Å². The third-order valence-electron chi connectivity index (χ3n) is 3.95. The van der Waals surface area contributed by atoms with E-state index in [1.54, 1.807) is 4.90 Å². The number of aliphatic carboxylic acids is 1. The summed E-state index contributed by atoms with van der Waals surface area (Å²) in [7, 11) is 0. The molecule has 0 atom stereocenters. The molecule has 0 aromatic rings. The summed E-state index contributed by atoms with van der Waals surface area (Å²) in [5, 5.41) is 15.0. The average molecular weight is 298 g/mol. The first-order valence-corrected chi connectivity index (χ1v) is 7.86. The van der Waals surface area contributed by atoms with E-state index in [-0.39, 0.29) is 18.5 Å². The van der Waals surface area contributed by atoms with E-state index in [2.05, 4.69) is 15.5 Å². The van der Waals surface area contributed by atoms with E-state index in [1.807, 2.05) is 0 Å². The fourth-order valence-electron chi connectivity index (χ4n) is 2.59. The zero-order chi connectivity index (χ0) is 15.1. The molecular formula is C14H26N4O3. The van der Waals surface area contributed by atoms with Crippen LogP contribution in [0.25, 0.3) is 0 Å². The standard InChI is InChI=1S/C14H26N4O3/c19-13(20)4-9-18(12-2-3-12)14(21)16-5-1-8-17-10-6-15-7-11-17/h12,15H,1-11H2,(H,16,21)(H,19,20). The first-order chi connectivity index (χ1) is 10.2. The summed E-state index contributed by atoms with van der Waals surface area (Å²) in [6, 6.07) is 0.136. The summed E-state index contributed by atoms with van der Waals surface area (Å²) in [5.41, 5.74) is 0. The Balaban J connectivity index is 1.61. The Kier molecular flexibility index (Phi) is 6.25. The van der Waals surface area contributed by atoms with E-state index in [0.717, 1.165) is 52.0 Å². The van der Waals surface area contributed by atoms with Crippen molar-refractivity contribution >= 4 is 12.0 Å². The molecule has 2 aliphatic rings. The van der Waals surface area contributed by atoms with Crippen molar-refractivity contribution in [2.75, 3.05) is 45.8 Å². The van der Waals surface area contributed by atoms with E-state index in [9.17, 15) is 9.59 Å². The molecule has 120 valence electrons. The Morgan fingerprint density at radius 2 is 2.00 bits per heavy atom. The highest BCUT2D eigenvalue weighted by Crippen LogP contribution is 2.26. The van der Waals surface area contributed by atoms with Gasteiger partial charge in [0.05, 0.1) is 6.42 Å². The molecule has 7 heteroatoms. The second-order valence-corrected chi connectivity index (χ2v) is 5.75. The lowest BCUT2D eigenvalue weighted by Crippen LogP contribution is -2.45. The molecular weight excluding hydrogens is 272 g/mol. The summed E-state index contributed by atoms with van der Waals surface area (Å²) >= 11 is 0. The average Bonchev–Trinajstić information content (AvgIpc) is 3.29. The molecule has 0 spiro atoms. The van der Waals surface area contributed by atoms with E-state index in [4.69, 9.17) is 5.11 Å². The molecule has 1 saturated heterocycles. The van der Waals surface area contributed by atoms with Gasteiger partial charge in [0, 0.05) is 45.3 Å². The molecule has 0 radical (unpaired) electrons. The van der Waals surface area contributed by atoms with Crippen molar-refractivity contribution < 1.29 is 14.7 Å². The molecule has 3 N–H and O–H groups in total. The summed E-state index contributed by atoms with van der Waals surface area (Å²) in [5.74, 6) is -0.854. The van der Waals surface area contributed by atoms with E-state index in [1.165, 1.54) is 0 Å². The minimum absolute atomic E-state index is 0.0185. The minimum Gasteiger partial charge on any atom is -0.481 e. The minimum atomic E-state index is -0.854. The maximum atomic E-state index is 12.1. The monoisotopic (exact) mass is 298 g/mol. The highest BCUT2D eigenvalue weighted by Gasteiger charge is 2.32. The number of carbonyl (C=O) groups excluding carboxylic acids is 1. The Morgan fingerprint density at radius 1 is 1.29 bits per heavy atom. The Hall–Kier alpha value is -1.34. The number of hydrogen-bond donors (Lipinski definition) is 3. The van der Waals surface area contributed by atoms with Gasteiger partial charge in [0.15, 0.2) is 0 Å². The fraction of sp³-hybridized carbons (Fsp3) is 0.857. The smallest absolute Gasteiger partial charge is 0.317 e. The molecule has 1 saturated carbocycles. The van der Waals surface area contributed by atoms with Crippen molar-refractivity contribution in [1.82, 2.24) is 20.4 Å². The van der Waals surface area contributed by atoms with Crippen molar-refractivity contribution in [3.63, 3.8) is 0 Å². The summed E-state index contributed by atoms with van der Waals surface area (Å²) < 4.78 is 0. The van der Waals surface area contributed by atoms with Gasteiger partial charge in [0.1, 0.15) is 0 Å². The normalized spacial score (nSPS) is 19.2. The molecule has 1 aliphatic carbocycles. The van der Waals surface area contributed by atoms with E-state index < -0.39 is 5.97 Å². The quantitative estimate of drug-likeness (QED) is 0.546. The van der Waals surface area contributed by atoms with Gasteiger partial charge in [-0.1, -0.05) is 0 Å². The largest absolute Gasteiger partial charge is 0.481 e. The number of amides is 2. The maximum absolute atomic E-state index is 12.1. The van der Waals surface area contributed by atoms with Crippen molar-refractivity contribution in [1.29, 1.82) is 0 Å². The second kappa shape index (κ2) is 8.19. The Bertz CT molecular complexity index is 354. The van der Waals surface area contributed by atoms with Crippen LogP contribution in [0.15, 0.2) is 0 Å². The van der Waals surface area contributed by atoms with Crippen LogP contribution < -0.4 is 10.6 Å². The summed E-state index contributed by atoms with van der Waals surface area (Å²) in [6.07, 6.45) is 2.94. The van der Waals surface area contributed by atoms with Crippen molar-refractivity contribution in [3.8, 4) is 0 Å². The van der Waals surface area contributed by atoms with Crippen LogP contribution >= 0.6 is 0 Å². The Labute approximate surface area is 125 Å². The lowest BCUT2D eigenvalue weighted by Gasteiger charge is -2.27. The first kappa shape index (κ1) is 16.0. The SMILES string of the molecule is O=C(O)CCN(C(=O)NCCCN1CCNCC1)C1CC1. The molecule has 1 heterocycles. The first-order valence-electron chi connectivity index (χ1n) is 7.86. The van der Waals surface area contributed by atoms with Crippen LogP contribution in [0, 0.1) is 0 Å². The highest BCUT2D eigenvalue weighted by atomic mass is 16.4. The predicted octanol–water partition coefficient (Wildman–Crippen LogP) is -0.0696. The molecule has 21 heavy (non-hydrogen) atoms. The number of piperazine rings is 1. The number of carbonyl (C=O) groups is 2. The molecule has 1 aliphatic heterocycles. The van der Waals surface area contributed by atoms with Gasteiger partial charge in [-0.25, -0.2) is 4.79 Å². The van der Waals surface area contributed by atoms with Crippen molar-refractivity contribution in [2.45, 2.75) is 31.7 Å². The third kappa shape index (κ3) is 5.89. The molecule has 2 fully saturated rings. The van der Waals surface area contributed by atoms with Crippen LogP contribution in [-0.2, 0) is 4.79 Å². The zero-order valence-electron chi connectivity index (χ0n) is 12.5. The molecule has 0 aromatic heterocycles. The molecule has 7 nitrogen and oxygen atoms in total. The van der Waals surface area contributed by atoms with Crippen molar-refractivity contribution in [3.05, 3.63) is 0 Å². The van der Waals surface area contributed by atoms with Gasteiger partial charge in [-0.3, -0.25) is 4.79 Å². The lowest BCUT2D eigenvalue weighted by molar-refractivity contribution is -0.137. The van der Waals surface area contributed by atoms with Crippen LogP contribution in [0.5, 0.6) is 0 Å². The molecule has 2 amide bonds. The van der Waals surface area contributed by atoms with Crippen LogP contribution in [0.2, 0.25) is 0 Å². The van der Waals surface area contributed by atoms with E-state index >= 15 is 0 Å². The fourth-order valence-corrected chi connectivity index (χ4v) is 2.59. The maximum Gasteiger partial charge on any atom is 0.317 e. The predicted molar refractivity (Wildman–Crippen MR) is 79.3 cm³/mol. The molecule has 0 unspecified atom stereocenters.